The maximum atomic E-state index is 12.9. The minimum Gasteiger partial charge on any atom is -0.492 e. The van der Waals surface area contributed by atoms with Crippen molar-refractivity contribution >= 4 is 28.3 Å². The molecule has 0 amide bonds. The molecule has 2 aromatic carbocycles. The Morgan fingerprint density at radius 1 is 0.952 bits per heavy atom. The van der Waals surface area contributed by atoms with Crippen LogP contribution in [-0.2, 0) is 0 Å². The van der Waals surface area contributed by atoms with E-state index in [1.807, 2.05) is 24.3 Å². The zero-order valence-corrected chi connectivity index (χ0v) is 13.7. The van der Waals surface area contributed by atoms with Gasteiger partial charge in [-0.05, 0) is 59.7 Å². The number of benzene rings is 2. The molecule has 0 heterocycles. The van der Waals surface area contributed by atoms with Crippen LogP contribution in [0.15, 0.2) is 42.5 Å². The van der Waals surface area contributed by atoms with Crippen molar-refractivity contribution in [1.29, 1.82) is 0 Å². The van der Waals surface area contributed by atoms with Gasteiger partial charge < -0.3 is 15.2 Å². The molecule has 0 aromatic heterocycles. The van der Waals surface area contributed by atoms with E-state index in [-0.39, 0.29) is 5.82 Å². The average molecular weight is 401 g/mol. The Hall–Kier alpha value is -1.50. The molecular formula is C16H17FINO2. The van der Waals surface area contributed by atoms with Crippen LogP contribution in [0.25, 0.3) is 0 Å². The van der Waals surface area contributed by atoms with Gasteiger partial charge in [0.05, 0.1) is 22.5 Å². The van der Waals surface area contributed by atoms with Gasteiger partial charge in [-0.1, -0.05) is 12.1 Å². The molecule has 3 nitrogen and oxygen atoms in total. The van der Waals surface area contributed by atoms with E-state index < -0.39 is 0 Å². The average Bonchev–Trinajstić information content (AvgIpc) is 2.46. The van der Waals surface area contributed by atoms with Gasteiger partial charge >= 0.3 is 0 Å². The monoisotopic (exact) mass is 401 g/mol. The summed E-state index contributed by atoms with van der Waals surface area (Å²) in [4.78, 5) is 0. The van der Waals surface area contributed by atoms with E-state index in [4.69, 9.17) is 15.2 Å². The summed E-state index contributed by atoms with van der Waals surface area (Å²) in [6.07, 6.45) is 1.73. The van der Waals surface area contributed by atoms with E-state index in [1.165, 1.54) is 12.1 Å². The quantitative estimate of drug-likeness (QED) is 0.429. The van der Waals surface area contributed by atoms with Gasteiger partial charge in [0.1, 0.15) is 17.3 Å². The van der Waals surface area contributed by atoms with E-state index in [9.17, 15) is 4.39 Å². The van der Waals surface area contributed by atoms with Crippen molar-refractivity contribution in [1.82, 2.24) is 0 Å². The van der Waals surface area contributed by atoms with Crippen LogP contribution in [0.5, 0.6) is 11.5 Å². The van der Waals surface area contributed by atoms with Crippen molar-refractivity contribution in [2.24, 2.45) is 0 Å². The summed E-state index contributed by atoms with van der Waals surface area (Å²) in [5.74, 6) is 1.07. The summed E-state index contributed by atoms with van der Waals surface area (Å²) in [6, 6.07) is 12.1. The van der Waals surface area contributed by atoms with E-state index in [2.05, 4.69) is 22.6 Å². The Morgan fingerprint density at radius 3 is 2.29 bits per heavy atom. The predicted octanol–water partition coefficient (Wildman–Crippen LogP) is 4.25. The summed E-state index contributed by atoms with van der Waals surface area (Å²) in [6.45, 7) is 1.17. The van der Waals surface area contributed by atoms with E-state index >= 15 is 0 Å². The van der Waals surface area contributed by atoms with Crippen LogP contribution in [0.3, 0.4) is 0 Å². The molecule has 2 rings (SSSR count). The van der Waals surface area contributed by atoms with Crippen molar-refractivity contribution in [2.45, 2.75) is 12.8 Å². The number of unbranched alkanes of at least 4 members (excludes halogenated alkanes) is 1. The van der Waals surface area contributed by atoms with Gasteiger partial charge in [-0.3, -0.25) is 0 Å². The number of halogens is 2. The van der Waals surface area contributed by atoms with Crippen LogP contribution in [-0.4, -0.2) is 13.2 Å². The molecule has 0 unspecified atom stereocenters. The molecule has 0 saturated carbocycles. The third-order valence-electron chi connectivity index (χ3n) is 2.86. The highest BCUT2D eigenvalue weighted by Gasteiger charge is 2.02. The molecule has 0 bridgehead atoms. The number of hydrogen-bond donors (Lipinski definition) is 1. The SMILES string of the molecule is Nc1cc(F)ccc1OCCCCOc1ccccc1I. The van der Waals surface area contributed by atoms with Crippen LogP contribution >= 0.6 is 22.6 Å². The van der Waals surface area contributed by atoms with Crippen molar-refractivity contribution in [3.63, 3.8) is 0 Å². The smallest absolute Gasteiger partial charge is 0.142 e. The topological polar surface area (TPSA) is 44.5 Å². The van der Waals surface area contributed by atoms with Crippen LogP contribution in [0.2, 0.25) is 0 Å². The number of nitrogen functional groups attached to an aromatic ring is 1. The molecule has 0 spiro atoms. The summed E-state index contributed by atoms with van der Waals surface area (Å²) >= 11 is 2.25. The zero-order chi connectivity index (χ0) is 15.1. The lowest BCUT2D eigenvalue weighted by Crippen LogP contribution is -2.04. The molecule has 21 heavy (non-hydrogen) atoms. The molecule has 0 aliphatic carbocycles. The lowest BCUT2D eigenvalue weighted by Gasteiger charge is -2.10. The Bertz CT molecular complexity index is 592. The molecule has 2 N–H and O–H groups in total. The van der Waals surface area contributed by atoms with E-state index in [0.717, 1.165) is 22.2 Å². The van der Waals surface area contributed by atoms with Crippen LogP contribution in [0.1, 0.15) is 12.8 Å². The minimum absolute atomic E-state index is 0.324. The van der Waals surface area contributed by atoms with Crippen molar-refractivity contribution in [3.05, 3.63) is 51.9 Å². The van der Waals surface area contributed by atoms with Crippen molar-refractivity contribution < 1.29 is 13.9 Å². The van der Waals surface area contributed by atoms with Gasteiger partial charge in [0.2, 0.25) is 0 Å². The van der Waals surface area contributed by atoms with Crippen molar-refractivity contribution in [3.8, 4) is 11.5 Å². The van der Waals surface area contributed by atoms with Crippen LogP contribution < -0.4 is 15.2 Å². The highest BCUT2D eigenvalue weighted by Crippen LogP contribution is 2.22. The Labute approximate surface area is 137 Å². The van der Waals surface area contributed by atoms with Gasteiger partial charge in [-0.15, -0.1) is 0 Å². The summed E-state index contributed by atoms with van der Waals surface area (Å²) in [7, 11) is 0. The standard InChI is InChI=1S/C16H17FINO2/c17-12-7-8-16(14(19)11-12)21-10-4-3-9-20-15-6-2-1-5-13(15)18/h1-2,5-8,11H,3-4,9-10,19H2. The molecule has 0 radical (unpaired) electrons. The first-order valence-electron chi connectivity index (χ1n) is 6.72. The van der Waals surface area contributed by atoms with Gasteiger partial charge in [-0.25, -0.2) is 4.39 Å². The summed E-state index contributed by atoms with van der Waals surface area (Å²) in [5, 5.41) is 0. The fraction of sp³-hybridized carbons (Fsp3) is 0.250. The molecule has 0 aliphatic heterocycles. The normalized spacial score (nSPS) is 10.4. The molecular weight excluding hydrogens is 384 g/mol. The highest BCUT2D eigenvalue weighted by molar-refractivity contribution is 14.1. The number of hydrogen-bond acceptors (Lipinski definition) is 3. The number of para-hydroxylation sites is 1. The minimum atomic E-state index is -0.356. The van der Waals surface area contributed by atoms with Gasteiger partial charge in [0, 0.05) is 6.07 Å². The maximum Gasteiger partial charge on any atom is 0.142 e. The summed E-state index contributed by atoms with van der Waals surface area (Å²) in [5.41, 5.74) is 5.99. The maximum absolute atomic E-state index is 12.9. The number of ether oxygens (including phenoxy) is 2. The molecule has 0 aliphatic rings. The first kappa shape index (κ1) is 15.9. The third kappa shape index (κ3) is 5.08. The molecule has 0 fully saturated rings. The molecule has 0 atom stereocenters. The largest absolute Gasteiger partial charge is 0.492 e. The first-order valence-corrected chi connectivity index (χ1v) is 7.80. The molecule has 112 valence electrons. The van der Waals surface area contributed by atoms with Crippen LogP contribution in [0, 0.1) is 9.39 Å². The summed E-state index contributed by atoms with van der Waals surface area (Å²) < 4.78 is 25.2. The number of anilines is 1. The van der Waals surface area contributed by atoms with Gasteiger partial charge in [0.15, 0.2) is 0 Å². The Balaban J connectivity index is 1.65. The molecule has 5 heteroatoms. The Morgan fingerprint density at radius 2 is 1.62 bits per heavy atom. The molecule has 2 aromatic rings. The lowest BCUT2D eigenvalue weighted by molar-refractivity contribution is 0.266. The first-order chi connectivity index (χ1) is 10.2. The van der Waals surface area contributed by atoms with Gasteiger partial charge in [0.25, 0.3) is 0 Å². The Kier molecular flexibility index (Phi) is 6.10. The lowest BCUT2D eigenvalue weighted by atomic mass is 10.3. The second-order valence-corrected chi connectivity index (χ2v) is 5.68. The zero-order valence-electron chi connectivity index (χ0n) is 11.5. The third-order valence-corrected chi connectivity index (χ3v) is 3.75. The second-order valence-electron chi connectivity index (χ2n) is 4.52. The highest BCUT2D eigenvalue weighted by atomic mass is 127. The van der Waals surface area contributed by atoms with E-state index in [0.29, 0.717) is 24.7 Å². The predicted molar refractivity (Wildman–Crippen MR) is 90.2 cm³/mol. The fourth-order valence-corrected chi connectivity index (χ4v) is 2.32. The van der Waals surface area contributed by atoms with Crippen LogP contribution in [0.4, 0.5) is 10.1 Å². The number of nitrogens with two attached hydrogens (primary N) is 1. The van der Waals surface area contributed by atoms with Crippen molar-refractivity contribution in [2.75, 3.05) is 18.9 Å². The fourth-order valence-electron chi connectivity index (χ4n) is 1.78. The second kappa shape index (κ2) is 8.07. The number of rotatable bonds is 7. The van der Waals surface area contributed by atoms with Gasteiger partial charge in [-0.2, -0.15) is 0 Å². The van der Waals surface area contributed by atoms with E-state index in [1.54, 1.807) is 6.07 Å². The molecule has 0 saturated heterocycles.